The first-order valence-corrected chi connectivity index (χ1v) is 8.98. The summed E-state index contributed by atoms with van der Waals surface area (Å²) in [5.41, 5.74) is 4.70. The van der Waals surface area contributed by atoms with Crippen LogP contribution in [-0.4, -0.2) is 29.3 Å². The summed E-state index contributed by atoms with van der Waals surface area (Å²) in [6.45, 7) is 4.86. The Morgan fingerprint density at radius 1 is 1.38 bits per heavy atom. The lowest BCUT2D eigenvalue weighted by atomic mass is 10.1. The van der Waals surface area contributed by atoms with Gasteiger partial charge in [0.25, 0.3) is 5.91 Å². The Kier molecular flexibility index (Phi) is 5.84. The van der Waals surface area contributed by atoms with E-state index in [1.54, 1.807) is 0 Å². The predicted molar refractivity (Wildman–Crippen MR) is 102 cm³/mol. The lowest BCUT2D eigenvalue weighted by Gasteiger charge is -2.14. The summed E-state index contributed by atoms with van der Waals surface area (Å²) in [5.74, 6) is 1.43. The van der Waals surface area contributed by atoms with Crippen LogP contribution in [0.2, 0.25) is 0 Å². The molecule has 7 heteroatoms. The maximum atomic E-state index is 12.5. The van der Waals surface area contributed by atoms with E-state index in [1.807, 2.05) is 18.2 Å². The molecular weight excluding hydrogens is 352 g/mol. The van der Waals surface area contributed by atoms with Crippen LogP contribution < -0.4 is 15.4 Å². The van der Waals surface area contributed by atoms with Crippen LogP contribution in [0.15, 0.2) is 18.2 Å². The Morgan fingerprint density at radius 3 is 3.04 bits per heavy atom. The first kappa shape index (κ1) is 18.7. The summed E-state index contributed by atoms with van der Waals surface area (Å²) in [4.78, 5) is 12.5. The van der Waals surface area contributed by atoms with Gasteiger partial charge in [-0.3, -0.25) is 9.89 Å². The summed E-state index contributed by atoms with van der Waals surface area (Å²) in [6.07, 6.45) is 3.40. The van der Waals surface area contributed by atoms with Crippen LogP contribution in [0.4, 0.5) is 0 Å². The first-order chi connectivity index (χ1) is 12.2. The molecule has 0 bridgehead atoms. The second kappa shape index (κ2) is 8.10. The zero-order chi connectivity index (χ0) is 17.2. The number of hydrogen-bond acceptors (Lipinski definition) is 4. The number of fused-ring (bicyclic) bond motifs is 1. The van der Waals surface area contributed by atoms with E-state index >= 15 is 0 Å². The predicted octanol–water partition coefficient (Wildman–Crippen LogP) is 2.50. The lowest BCUT2D eigenvalue weighted by Crippen LogP contribution is -2.28. The lowest BCUT2D eigenvalue weighted by molar-refractivity contribution is 0.0944. The molecule has 0 unspecified atom stereocenters. The minimum atomic E-state index is -0.144. The van der Waals surface area contributed by atoms with Crippen molar-refractivity contribution in [3.8, 4) is 5.75 Å². The Hall–Kier alpha value is -2.05. The molecule has 3 N–H and O–H groups in total. The number of aromatic nitrogens is 2. The number of hydrogen-bond donors (Lipinski definition) is 3. The van der Waals surface area contributed by atoms with E-state index in [0.717, 1.165) is 47.7 Å². The summed E-state index contributed by atoms with van der Waals surface area (Å²) < 4.78 is 5.97. The molecule has 6 nitrogen and oxygen atoms in total. The standard InChI is InChI=1S/C19H24N4O2.ClH/c1-12-2-5-14(17(8-12)25-11-13-3-4-13)9-21-19(24)18-15-10-20-7-6-16(15)22-23-18;/h2,5,8,13,20H,3-4,6-7,9-11H2,1H3,(H,21,24)(H,22,23);1H. The van der Waals surface area contributed by atoms with Crippen LogP contribution in [0.1, 0.15) is 45.7 Å². The number of H-pyrrole nitrogens is 1. The minimum absolute atomic E-state index is 0. The molecule has 2 heterocycles. The number of nitrogens with zero attached hydrogens (tertiary/aromatic N) is 1. The monoisotopic (exact) mass is 376 g/mol. The van der Waals surface area contributed by atoms with Gasteiger partial charge in [-0.25, -0.2) is 0 Å². The second-order valence-corrected chi connectivity index (χ2v) is 7.00. The van der Waals surface area contributed by atoms with Gasteiger partial charge in [0, 0.05) is 42.9 Å². The Labute approximate surface area is 159 Å². The average molecular weight is 377 g/mol. The number of nitrogens with one attached hydrogen (secondary N) is 3. The molecule has 26 heavy (non-hydrogen) atoms. The number of halogens is 1. The molecule has 1 saturated carbocycles. The summed E-state index contributed by atoms with van der Waals surface area (Å²) in [7, 11) is 0. The molecular formula is C19H25ClN4O2. The largest absolute Gasteiger partial charge is 0.493 e. The van der Waals surface area contributed by atoms with Crippen LogP contribution in [0, 0.1) is 12.8 Å². The number of aromatic amines is 1. The zero-order valence-corrected chi connectivity index (χ0v) is 15.7. The Bertz CT molecular complexity index is 786. The van der Waals surface area contributed by atoms with Gasteiger partial charge in [0.2, 0.25) is 0 Å². The normalized spacial score (nSPS) is 15.7. The minimum Gasteiger partial charge on any atom is -0.493 e. The SMILES string of the molecule is Cc1ccc(CNC(=O)c2n[nH]c3c2CNCC3)c(OCC2CC2)c1.Cl. The molecule has 4 rings (SSSR count). The smallest absolute Gasteiger partial charge is 0.272 e. The third-order valence-corrected chi connectivity index (χ3v) is 4.85. The number of carbonyl (C=O) groups excluding carboxylic acids is 1. The van der Waals surface area contributed by atoms with Gasteiger partial charge in [-0.1, -0.05) is 12.1 Å². The van der Waals surface area contributed by atoms with Gasteiger partial charge in [-0.2, -0.15) is 5.10 Å². The van der Waals surface area contributed by atoms with E-state index in [4.69, 9.17) is 4.74 Å². The molecule has 0 atom stereocenters. The van der Waals surface area contributed by atoms with Crippen molar-refractivity contribution in [2.45, 2.75) is 39.3 Å². The Balaban J connectivity index is 0.00000196. The van der Waals surface area contributed by atoms with E-state index in [1.165, 1.54) is 12.8 Å². The van der Waals surface area contributed by atoms with Crippen LogP contribution in [0.5, 0.6) is 5.75 Å². The molecule has 1 aromatic carbocycles. The van der Waals surface area contributed by atoms with E-state index in [9.17, 15) is 4.79 Å². The molecule has 1 fully saturated rings. The highest BCUT2D eigenvalue weighted by Gasteiger charge is 2.23. The maximum Gasteiger partial charge on any atom is 0.272 e. The fourth-order valence-corrected chi connectivity index (χ4v) is 3.11. The number of rotatable bonds is 6. The van der Waals surface area contributed by atoms with Gasteiger partial charge in [0.15, 0.2) is 5.69 Å². The van der Waals surface area contributed by atoms with Gasteiger partial charge in [-0.15, -0.1) is 12.4 Å². The molecule has 1 aliphatic carbocycles. The van der Waals surface area contributed by atoms with Crippen molar-refractivity contribution < 1.29 is 9.53 Å². The van der Waals surface area contributed by atoms with Crippen molar-refractivity contribution >= 4 is 18.3 Å². The van der Waals surface area contributed by atoms with Gasteiger partial charge in [-0.05, 0) is 37.3 Å². The van der Waals surface area contributed by atoms with Crippen LogP contribution in [0.25, 0.3) is 0 Å². The summed E-state index contributed by atoms with van der Waals surface area (Å²) in [6, 6.07) is 6.12. The molecule has 1 aliphatic heterocycles. The fourth-order valence-electron chi connectivity index (χ4n) is 3.11. The average Bonchev–Trinajstić information content (AvgIpc) is 3.35. The van der Waals surface area contributed by atoms with Crippen LogP contribution in [-0.2, 0) is 19.5 Å². The number of benzene rings is 1. The van der Waals surface area contributed by atoms with Crippen molar-refractivity contribution in [3.05, 3.63) is 46.3 Å². The third-order valence-electron chi connectivity index (χ3n) is 4.85. The van der Waals surface area contributed by atoms with Crippen molar-refractivity contribution in [3.63, 3.8) is 0 Å². The quantitative estimate of drug-likeness (QED) is 0.723. The number of carbonyl (C=O) groups is 1. The molecule has 2 aliphatic rings. The highest BCUT2D eigenvalue weighted by Crippen LogP contribution is 2.30. The van der Waals surface area contributed by atoms with Crippen LogP contribution >= 0.6 is 12.4 Å². The van der Waals surface area contributed by atoms with Gasteiger partial charge >= 0.3 is 0 Å². The van der Waals surface area contributed by atoms with Gasteiger partial charge in [0.05, 0.1) is 6.61 Å². The number of amides is 1. The molecule has 0 radical (unpaired) electrons. The molecule has 1 amide bonds. The topological polar surface area (TPSA) is 79.0 Å². The van der Waals surface area contributed by atoms with E-state index in [0.29, 0.717) is 24.7 Å². The van der Waals surface area contributed by atoms with Crippen molar-refractivity contribution in [2.75, 3.05) is 13.2 Å². The van der Waals surface area contributed by atoms with Gasteiger partial charge < -0.3 is 15.4 Å². The maximum absolute atomic E-state index is 12.5. The van der Waals surface area contributed by atoms with E-state index in [2.05, 4.69) is 27.8 Å². The first-order valence-electron chi connectivity index (χ1n) is 8.98. The Morgan fingerprint density at radius 2 is 2.23 bits per heavy atom. The molecule has 140 valence electrons. The highest BCUT2D eigenvalue weighted by atomic mass is 35.5. The highest BCUT2D eigenvalue weighted by molar-refractivity contribution is 5.94. The van der Waals surface area contributed by atoms with E-state index < -0.39 is 0 Å². The molecule has 0 saturated heterocycles. The van der Waals surface area contributed by atoms with Gasteiger partial charge in [0.1, 0.15) is 5.75 Å². The third kappa shape index (κ3) is 4.19. The van der Waals surface area contributed by atoms with E-state index in [-0.39, 0.29) is 18.3 Å². The van der Waals surface area contributed by atoms with Crippen molar-refractivity contribution in [1.29, 1.82) is 0 Å². The molecule has 0 spiro atoms. The summed E-state index contributed by atoms with van der Waals surface area (Å²) >= 11 is 0. The number of aryl methyl sites for hydroxylation is 1. The van der Waals surface area contributed by atoms with Crippen LogP contribution in [0.3, 0.4) is 0 Å². The van der Waals surface area contributed by atoms with Crippen molar-refractivity contribution in [1.82, 2.24) is 20.8 Å². The molecule has 2 aromatic rings. The fraction of sp³-hybridized carbons (Fsp3) is 0.474. The summed E-state index contributed by atoms with van der Waals surface area (Å²) in [5, 5.41) is 13.5. The van der Waals surface area contributed by atoms with Crippen molar-refractivity contribution in [2.24, 2.45) is 5.92 Å². The second-order valence-electron chi connectivity index (χ2n) is 7.00. The molecule has 1 aromatic heterocycles. The zero-order valence-electron chi connectivity index (χ0n) is 14.9. The number of ether oxygens (including phenoxy) is 1.